The van der Waals surface area contributed by atoms with Gasteiger partial charge in [0.15, 0.2) is 12.1 Å². The fourth-order valence-corrected chi connectivity index (χ4v) is 3.25. The SMILES string of the molecule is COC(=O)[C@@H]1c2cnn(C)c(=O)c2[C@H](C(=O)OC)N1c1ccc(OC)cc1. The number of esters is 2. The molecule has 0 N–H and O–H groups in total. The van der Waals surface area contributed by atoms with Crippen LogP contribution in [-0.2, 0) is 26.1 Å². The maximum atomic E-state index is 12.7. The van der Waals surface area contributed by atoms with Crippen molar-refractivity contribution in [3.05, 3.63) is 51.9 Å². The highest BCUT2D eigenvalue weighted by molar-refractivity contribution is 5.92. The lowest BCUT2D eigenvalue weighted by Gasteiger charge is -2.29. The smallest absolute Gasteiger partial charge is 0.333 e. The minimum atomic E-state index is -1.11. The predicted molar refractivity (Wildman–Crippen MR) is 94.5 cm³/mol. The van der Waals surface area contributed by atoms with Crippen LogP contribution in [-0.4, -0.2) is 43.0 Å². The molecule has 2 heterocycles. The van der Waals surface area contributed by atoms with Gasteiger partial charge in [-0.3, -0.25) is 4.79 Å². The van der Waals surface area contributed by atoms with Crippen molar-refractivity contribution in [1.82, 2.24) is 9.78 Å². The number of benzene rings is 1. The van der Waals surface area contributed by atoms with Crippen molar-refractivity contribution in [1.29, 1.82) is 0 Å². The highest BCUT2D eigenvalue weighted by Gasteiger charge is 2.49. The van der Waals surface area contributed by atoms with E-state index in [1.165, 1.54) is 39.5 Å². The number of ether oxygens (including phenoxy) is 3. The molecule has 0 aliphatic carbocycles. The second-order valence-electron chi connectivity index (χ2n) is 5.90. The number of carbonyl (C=O) groups is 2. The normalized spacial score (nSPS) is 18.0. The molecule has 9 nitrogen and oxygen atoms in total. The molecule has 0 bridgehead atoms. The van der Waals surface area contributed by atoms with Crippen molar-refractivity contribution < 1.29 is 23.8 Å². The number of carbonyl (C=O) groups excluding carboxylic acids is 2. The molecule has 0 amide bonds. The zero-order chi connectivity index (χ0) is 19.7. The first-order valence-corrected chi connectivity index (χ1v) is 8.08. The first kappa shape index (κ1) is 18.4. The molecule has 0 unspecified atom stereocenters. The Labute approximate surface area is 155 Å². The largest absolute Gasteiger partial charge is 0.497 e. The molecule has 9 heteroatoms. The molecule has 3 rings (SSSR count). The van der Waals surface area contributed by atoms with Crippen LogP contribution in [0.1, 0.15) is 23.2 Å². The van der Waals surface area contributed by atoms with E-state index in [4.69, 9.17) is 14.2 Å². The van der Waals surface area contributed by atoms with Crippen LogP contribution in [0, 0.1) is 0 Å². The molecule has 0 fully saturated rings. The fourth-order valence-electron chi connectivity index (χ4n) is 3.25. The first-order chi connectivity index (χ1) is 12.9. The lowest BCUT2D eigenvalue weighted by Crippen LogP contribution is -2.37. The van der Waals surface area contributed by atoms with Gasteiger partial charge in [0, 0.05) is 18.3 Å². The summed E-state index contributed by atoms with van der Waals surface area (Å²) in [5.41, 5.74) is 0.509. The molecule has 27 heavy (non-hydrogen) atoms. The lowest BCUT2D eigenvalue weighted by molar-refractivity contribution is -0.144. The summed E-state index contributed by atoms with van der Waals surface area (Å²) < 4.78 is 16.1. The number of hydrogen-bond acceptors (Lipinski definition) is 8. The number of methoxy groups -OCH3 is 3. The Bertz CT molecular complexity index is 937. The van der Waals surface area contributed by atoms with Gasteiger partial charge in [0.2, 0.25) is 0 Å². The van der Waals surface area contributed by atoms with Gasteiger partial charge in [-0.2, -0.15) is 5.10 Å². The lowest BCUT2D eigenvalue weighted by atomic mass is 10.1. The summed E-state index contributed by atoms with van der Waals surface area (Å²) in [6, 6.07) is 4.64. The molecular weight excluding hydrogens is 354 g/mol. The van der Waals surface area contributed by atoms with Gasteiger partial charge < -0.3 is 19.1 Å². The van der Waals surface area contributed by atoms with Crippen molar-refractivity contribution in [2.45, 2.75) is 12.1 Å². The minimum Gasteiger partial charge on any atom is -0.497 e. The molecule has 1 aromatic carbocycles. The standard InChI is InChI=1S/C18H19N3O6/c1-20-16(22)13-12(9-19-20)14(17(23)26-3)21(15(13)18(24)27-4)10-5-7-11(25-2)8-6-10/h5-9,14-15H,1-4H3/t14-,15+/m0/s1. The Morgan fingerprint density at radius 1 is 1.00 bits per heavy atom. The molecular formula is C18H19N3O6. The van der Waals surface area contributed by atoms with Crippen molar-refractivity contribution in [3.8, 4) is 5.75 Å². The molecule has 0 saturated heterocycles. The maximum absolute atomic E-state index is 12.7. The van der Waals surface area contributed by atoms with Crippen molar-refractivity contribution in [2.24, 2.45) is 7.05 Å². The first-order valence-electron chi connectivity index (χ1n) is 8.08. The molecule has 2 atom stereocenters. The number of aromatic nitrogens is 2. The zero-order valence-electron chi connectivity index (χ0n) is 15.3. The van der Waals surface area contributed by atoms with Gasteiger partial charge in [0.05, 0.1) is 33.1 Å². The molecule has 1 aliphatic heterocycles. The van der Waals surface area contributed by atoms with Crippen molar-refractivity contribution in [3.63, 3.8) is 0 Å². The molecule has 142 valence electrons. The molecule has 0 radical (unpaired) electrons. The van der Waals surface area contributed by atoms with Gasteiger partial charge in [-0.15, -0.1) is 0 Å². The maximum Gasteiger partial charge on any atom is 0.333 e. The highest BCUT2D eigenvalue weighted by Crippen LogP contribution is 2.44. The average Bonchev–Trinajstić information content (AvgIpc) is 3.05. The van der Waals surface area contributed by atoms with Crippen LogP contribution in [0.5, 0.6) is 5.75 Å². The minimum absolute atomic E-state index is 0.144. The van der Waals surface area contributed by atoms with Gasteiger partial charge in [-0.25, -0.2) is 14.3 Å². The summed E-state index contributed by atoms with van der Waals surface area (Å²) in [6.45, 7) is 0. The summed E-state index contributed by atoms with van der Waals surface area (Å²) in [7, 11) is 5.48. The van der Waals surface area contributed by atoms with Crippen LogP contribution in [0.25, 0.3) is 0 Å². The third-order valence-electron chi connectivity index (χ3n) is 4.55. The fraction of sp³-hybridized carbons (Fsp3) is 0.333. The quantitative estimate of drug-likeness (QED) is 0.724. The Morgan fingerprint density at radius 2 is 1.59 bits per heavy atom. The number of anilines is 1. The van der Waals surface area contributed by atoms with Crippen LogP contribution in [0.2, 0.25) is 0 Å². The monoisotopic (exact) mass is 373 g/mol. The Hall–Kier alpha value is -3.36. The Balaban J connectivity index is 2.26. The van der Waals surface area contributed by atoms with E-state index in [1.54, 1.807) is 24.3 Å². The number of hydrogen-bond donors (Lipinski definition) is 0. The van der Waals surface area contributed by atoms with Crippen LogP contribution in [0.15, 0.2) is 35.3 Å². The highest BCUT2D eigenvalue weighted by atomic mass is 16.5. The second kappa shape index (κ2) is 7.10. The topological polar surface area (TPSA) is 100.0 Å². The molecule has 1 aliphatic rings. The van der Waals surface area contributed by atoms with Gasteiger partial charge in [0.1, 0.15) is 5.75 Å². The Morgan fingerprint density at radius 3 is 2.15 bits per heavy atom. The number of rotatable bonds is 4. The van der Waals surface area contributed by atoms with Gasteiger partial charge in [-0.1, -0.05) is 0 Å². The third-order valence-corrected chi connectivity index (χ3v) is 4.55. The summed E-state index contributed by atoms with van der Waals surface area (Å²) >= 11 is 0. The van der Waals surface area contributed by atoms with E-state index >= 15 is 0 Å². The van der Waals surface area contributed by atoms with E-state index in [1.807, 2.05) is 0 Å². The van der Waals surface area contributed by atoms with E-state index in [9.17, 15) is 14.4 Å². The van der Waals surface area contributed by atoms with Crippen LogP contribution >= 0.6 is 0 Å². The molecule has 1 aromatic heterocycles. The van der Waals surface area contributed by atoms with Crippen LogP contribution in [0.3, 0.4) is 0 Å². The Kier molecular flexibility index (Phi) is 4.85. The summed E-state index contributed by atoms with van der Waals surface area (Å²) in [4.78, 5) is 39.4. The summed E-state index contributed by atoms with van der Waals surface area (Å²) in [5.74, 6) is -0.674. The second-order valence-corrected chi connectivity index (χ2v) is 5.90. The van der Waals surface area contributed by atoms with E-state index in [2.05, 4.69) is 5.10 Å². The number of nitrogens with zero attached hydrogens (tertiary/aromatic N) is 3. The summed E-state index contributed by atoms with van der Waals surface area (Å²) in [6.07, 6.45) is 1.40. The zero-order valence-corrected chi connectivity index (χ0v) is 15.3. The number of fused-ring (bicyclic) bond motifs is 1. The molecule has 2 aromatic rings. The van der Waals surface area contributed by atoms with Gasteiger partial charge >= 0.3 is 11.9 Å². The predicted octanol–water partition coefficient (Wildman–Crippen LogP) is 0.737. The van der Waals surface area contributed by atoms with E-state index in [0.29, 0.717) is 17.0 Å². The molecule has 0 saturated carbocycles. The van der Waals surface area contributed by atoms with Crippen LogP contribution in [0.4, 0.5) is 5.69 Å². The van der Waals surface area contributed by atoms with E-state index < -0.39 is 29.6 Å². The number of aryl methyl sites for hydroxylation is 1. The van der Waals surface area contributed by atoms with E-state index in [-0.39, 0.29) is 5.56 Å². The third kappa shape index (κ3) is 2.90. The average molecular weight is 373 g/mol. The summed E-state index contributed by atoms with van der Waals surface area (Å²) in [5, 5.41) is 3.99. The van der Waals surface area contributed by atoms with Gasteiger partial charge in [0.25, 0.3) is 5.56 Å². The van der Waals surface area contributed by atoms with Crippen molar-refractivity contribution >= 4 is 17.6 Å². The van der Waals surface area contributed by atoms with E-state index in [0.717, 1.165) is 4.68 Å². The van der Waals surface area contributed by atoms with Crippen molar-refractivity contribution in [2.75, 3.05) is 26.2 Å². The van der Waals surface area contributed by atoms with Crippen LogP contribution < -0.4 is 15.2 Å². The van der Waals surface area contributed by atoms with Gasteiger partial charge in [-0.05, 0) is 24.3 Å². The molecule has 0 spiro atoms.